The van der Waals surface area contributed by atoms with Crippen LogP contribution in [-0.4, -0.2) is 22.4 Å². The summed E-state index contributed by atoms with van der Waals surface area (Å²) in [5.41, 5.74) is 4.10. The molecule has 2 nitrogen and oxygen atoms in total. The van der Waals surface area contributed by atoms with E-state index in [1.165, 1.54) is 38.5 Å². The molecule has 0 amide bonds. The molecule has 2 saturated carbocycles. The number of aliphatic hydroxyl groups excluding tert-OH is 2. The van der Waals surface area contributed by atoms with Gasteiger partial charge in [0.15, 0.2) is 0 Å². The molecule has 4 aliphatic carbocycles. The first kappa shape index (κ1) is 17.1. The number of rotatable bonds is 1. The predicted octanol–water partition coefficient (Wildman–Crippen LogP) is 4.84. The predicted molar refractivity (Wildman–Crippen MR) is 97.6 cm³/mol. The lowest BCUT2D eigenvalue weighted by atomic mass is 9.43. The van der Waals surface area contributed by atoms with Crippen molar-refractivity contribution in [3.05, 3.63) is 11.1 Å². The molecular formula is C22H36O2. The summed E-state index contributed by atoms with van der Waals surface area (Å²) >= 11 is 0. The maximum absolute atomic E-state index is 10.4. The largest absolute Gasteiger partial charge is 0.393 e. The van der Waals surface area contributed by atoms with E-state index >= 15 is 0 Å². The van der Waals surface area contributed by atoms with E-state index in [4.69, 9.17) is 0 Å². The lowest BCUT2D eigenvalue weighted by Gasteiger charge is -2.62. The second kappa shape index (κ2) is 5.33. The van der Waals surface area contributed by atoms with Crippen LogP contribution in [-0.2, 0) is 0 Å². The fourth-order valence-electron chi connectivity index (χ4n) is 7.38. The number of hydrogen-bond acceptors (Lipinski definition) is 2. The molecule has 0 saturated heterocycles. The Morgan fingerprint density at radius 2 is 1.75 bits per heavy atom. The van der Waals surface area contributed by atoms with E-state index in [9.17, 15) is 10.2 Å². The van der Waals surface area contributed by atoms with Crippen LogP contribution in [0.2, 0.25) is 0 Å². The first-order valence-corrected chi connectivity index (χ1v) is 10.3. The van der Waals surface area contributed by atoms with Crippen molar-refractivity contribution in [2.45, 2.75) is 97.7 Å². The monoisotopic (exact) mass is 332 g/mol. The van der Waals surface area contributed by atoms with Crippen LogP contribution in [0.15, 0.2) is 11.1 Å². The summed E-state index contributed by atoms with van der Waals surface area (Å²) in [7, 11) is 0. The highest BCUT2D eigenvalue weighted by atomic mass is 16.3. The van der Waals surface area contributed by atoms with Gasteiger partial charge in [-0.05, 0) is 87.4 Å². The third-order valence-corrected chi connectivity index (χ3v) is 9.44. The molecule has 4 rings (SSSR count). The molecule has 0 heterocycles. The van der Waals surface area contributed by atoms with Gasteiger partial charge in [-0.15, -0.1) is 0 Å². The first-order chi connectivity index (χ1) is 11.2. The zero-order valence-electron chi connectivity index (χ0n) is 16.1. The Hall–Kier alpha value is -0.340. The summed E-state index contributed by atoms with van der Waals surface area (Å²) in [6.45, 7) is 9.30. The van der Waals surface area contributed by atoms with E-state index in [-0.39, 0.29) is 17.6 Å². The molecule has 2 fully saturated rings. The number of aliphatic hydroxyl groups is 2. The summed E-state index contributed by atoms with van der Waals surface area (Å²) in [5.74, 6) is 1.54. The van der Waals surface area contributed by atoms with Crippen LogP contribution < -0.4 is 0 Å². The van der Waals surface area contributed by atoms with Crippen LogP contribution in [0.25, 0.3) is 0 Å². The summed E-state index contributed by atoms with van der Waals surface area (Å²) in [4.78, 5) is 0. The van der Waals surface area contributed by atoms with Crippen LogP contribution >= 0.6 is 0 Å². The van der Waals surface area contributed by atoms with Crippen LogP contribution in [0.1, 0.15) is 85.5 Å². The van der Waals surface area contributed by atoms with Gasteiger partial charge in [-0.2, -0.15) is 0 Å². The molecule has 2 heteroatoms. The summed E-state index contributed by atoms with van der Waals surface area (Å²) in [5, 5.41) is 20.7. The average Bonchev–Trinajstić information content (AvgIpc) is 2.88. The molecule has 0 bridgehead atoms. The molecule has 0 aromatic rings. The van der Waals surface area contributed by atoms with Crippen LogP contribution in [0.3, 0.4) is 0 Å². The minimum atomic E-state index is -0.226. The highest BCUT2D eigenvalue weighted by Crippen LogP contribution is 2.68. The normalized spacial score (nSPS) is 52.5. The maximum Gasteiger partial charge on any atom is 0.0602 e. The van der Waals surface area contributed by atoms with Crippen molar-refractivity contribution in [3.63, 3.8) is 0 Å². The van der Waals surface area contributed by atoms with Gasteiger partial charge in [0, 0.05) is 5.41 Å². The third kappa shape index (κ3) is 2.08. The minimum Gasteiger partial charge on any atom is -0.393 e. The van der Waals surface area contributed by atoms with Crippen molar-refractivity contribution in [1.29, 1.82) is 0 Å². The summed E-state index contributed by atoms with van der Waals surface area (Å²) < 4.78 is 0. The Balaban J connectivity index is 1.69. The van der Waals surface area contributed by atoms with Crippen molar-refractivity contribution < 1.29 is 10.2 Å². The highest BCUT2D eigenvalue weighted by Gasteiger charge is 2.59. The van der Waals surface area contributed by atoms with Gasteiger partial charge in [0.1, 0.15) is 0 Å². The van der Waals surface area contributed by atoms with Gasteiger partial charge >= 0.3 is 0 Å². The van der Waals surface area contributed by atoms with Crippen LogP contribution in [0.5, 0.6) is 0 Å². The Labute approximate surface area is 147 Å². The first-order valence-electron chi connectivity index (χ1n) is 10.3. The van der Waals surface area contributed by atoms with Crippen molar-refractivity contribution >= 4 is 0 Å². The molecule has 7 atom stereocenters. The Morgan fingerprint density at radius 3 is 2.46 bits per heavy atom. The number of allylic oxidation sites excluding steroid dienone is 1. The zero-order valence-corrected chi connectivity index (χ0v) is 16.1. The van der Waals surface area contributed by atoms with Gasteiger partial charge in [0.05, 0.1) is 12.2 Å². The number of fused-ring (bicyclic) bond motifs is 4. The fourth-order valence-corrected chi connectivity index (χ4v) is 7.38. The standard InChI is InChI=1S/C22H36O2/c1-14(23)21(3)11-9-16-17-8-10-20(2)13-15(24)7-12-22(20,4)19(17)6-5-18(16)21/h14-15,17,19,23-24H,5-13H2,1-4H3/t14-,15-,17-,19+,20+,21+,22-/m1/s1. The molecule has 0 aliphatic heterocycles. The zero-order chi connectivity index (χ0) is 17.3. The fraction of sp³-hybridized carbons (Fsp3) is 0.909. The van der Waals surface area contributed by atoms with Crippen molar-refractivity contribution in [1.82, 2.24) is 0 Å². The third-order valence-electron chi connectivity index (χ3n) is 9.44. The molecule has 2 N–H and O–H groups in total. The molecule has 0 spiro atoms. The topological polar surface area (TPSA) is 40.5 Å². The molecule has 136 valence electrons. The van der Waals surface area contributed by atoms with Gasteiger partial charge in [0.2, 0.25) is 0 Å². The van der Waals surface area contributed by atoms with Crippen molar-refractivity contribution in [3.8, 4) is 0 Å². The van der Waals surface area contributed by atoms with E-state index in [1.807, 2.05) is 6.92 Å². The number of hydrogen-bond donors (Lipinski definition) is 2. The molecule has 24 heavy (non-hydrogen) atoms. The molecule has 0 unspecified atom stereocenters. The van der Waals surface area contributed by atoms with E-state index in [0.717, 1.165) is 31.1 Å². The van der Waals surface area contributed by atoms with E-state index in [1.54, 1.807) is 11.1 Å². The van der Waals surface area contributed by atoms with E-state index in [0.29, 0.717) is 10.8 Å². The maximum atomic E-state index is 10.4. The van der Waals surface area contributed by atoms with E-state index < -0.39 is 0 Å². The molecule has 0 aromatic heterocycles. The summed E-state index contributed by atoms with van der Waals surface area (Å²) in [6.07, 6.45) is 10.3. The Morgan fingerprint density at radius 1 is 1.00 bits per heavy atom. The van der Waals surface area contributed by atoms with Gasteiger partial charge in [-0.3, -0.25) is 0 Å². The van der Waals surface area contributed by atoms with Crippen molar-refractivity contribution in [2.24, 2.45) is 28.1 Å². The summed E-state index contributed by atoms with van der Waals surface area (Å²) in [6, 6.07) is 0. The van der Waals surface area contributed by atoms with Gasteiger partial charge < -0.3 is 10.2 Å². The van der Waals surface area contributed by atoms with Gasteiger partial charge in [-0.25, -0.2) is 0 Å². The second-order valence-corrected chi connectivity index (χ2v) is 10.3. The highest BCUT2D eigenvalue weighted by molar-refractivity contribution is 5.35. The van der Waals surface area contributed by atoms with Crippen molar-refractivity contribution in [2.75, 3.05) is 0 Å². The SMILES string of the molecule is C[C@@H](O)[C@]1(C)CCC2=C1CC[C@H]1[C@@H]2CC[C@@]2(C)C[C@H](O)CC[C@]12C. The minimum absolute atomic E-state index is 0.0325. The van der Waals surface area contributed by atoms with Crippen LogP contribution in [0.4, 0.5) is 0 Å². The average molecular weight is 333 g/mol. The molecule has 0 aromatic carbocycles. The van der Waals surface area contributed by atoms with Gasteiger partial charge in [0.25, 0.3) is 0 Å². The Bertz CT molecular complexity index is 564. The smallest absolute Gasteiger partial charge is 0.0602 e. The lowest BCUT2D eigenvalue weighted by molar-refractivity contribution is -0.130. The Kier molecular flexibility index (Phi) is 3.80. The van der Waals surface area contributed by atoms with E-state index in [2.05, 4.69) is 20.8 Å². The second-order valence-electron chi connectivity index (χ2n) is 10.3. The van der Waals surface area contributed by atoms with Gasteiger partial charge in [-0.1, -0.05) is 31.9 Å². The molecular weight excluding hydrogens is 296 g/mol. The quantitative estimate of drug-likeness (QED) is 0.674. The molecule has 4 aliphatic rings. The lowest BCUT2D eigenvalue weighted by Crippen LogP contribution is -2.55. The van der Waals surface area contributed by atoms with Crippen LogP contribution in [0, 0.1) is 28.1 Å². The molecule has 0 radical (unpaired) electrons.